The number of carbonyl (C=O) groups excluding carboxylic acids is 2. The number of rotatable bonds is 9. The van der Waals surface area contributed by atoms with Gasteiger partial charge in [-0.2, -0.15) is 16.6 Å². The Morgan fingerprint density at radius 2 is 2.00 bits per heavy atom. The van der Waals surface area contributed by atoms with E-state index in [2.05, 4.69) is 21.7 Å². The molecule has 0 saturated carbocycles. The third kappa shape index (κ3) is 6.38. The molecule has 5 nitrogen and oxygen atoms in total. The van der Waals surface area contributed by atoms with Crippen LogP contribution in [-0.2, 0) is 20.1 Å². The summed E-state index contributed by atoms with van der Waals surface area (Å²) >= 11 is 1.72. The Balaban J connectivity index is 2.27. The molecule has 21 heavy (non-hydrogen) atoms. The van der Waals surface area contributed by atoms with Gasteiger partial charge in [-0.25, -0.2) is 4.79 Å². The van der Waals surface area contributed by atoms with Crippen molar-refractivity contribution in [3.63, 3.8) is 0 Å². The van der Waals surface area contributed by atoms with Gasteiger partial charge in [-0.15, -0.1) is 0 Å². The van der Waals surface area contributed by atoms with Gasteiger partial charge in [0.2, 0.25) is 0 Å². The van der Waals surface area contributed by atoms with Crippen molar-refractivity contribution in [3.8, 4) is 0 Å². The van der Waals surface area contributed by atoms with Crippen molar-refractivity contribution in [2.75, 3.05) is 12.4 Å². The Morgan fingerprint density at radius 1 is 1.29 bits per heavy atom. The molecule has 0 radical (unpaired) electrons. The molecule has 0 atom stereocenters. The summed E-state index contributed by atoms with van der Waals surface area (Å²) in [5.41, 5.74) is 9.42. The van der Waals surface area contributed by atoms with Gasteiger partial charge in [0.1, 0.15) is 0 Å². The van der Waals surface area contributed by atoms with E-state index in [0.29, 0.717) is 6.42 Å². The third-order valence-corrected chi connectivity index (χ3v) is 3.75. The predicted octanol–water partition coefficient (Wildman–Crippen LogP) is 2.50. The molecule has 0 aliphatic rings. The second kappa shape index (κ2) is 9.91. The van der Waals surface area contributed by atoms with E-state index in [1.807, 2.05) is 18.2 Å². The van der Waals surface area contributed by atoms with Gasteiger partial charge in [-0.1, -0.05) is 30.3 Å². The van der Waals surface area contributed by atoms with Crippen LogP contribution in [0.1, 0.15) is 25.3 Å². The molecule has 0 amide bonds. The molecule has 0 aromatic heterocycles. The van der Waals surface area contributed by atoms with Crippen LogP contribution in [0.3, 0.4) is 0 Å². The van der Waals surface area contributed by atoms with Crippen molar-refractivity contribution in [1.82, 2.24) is 0 Å². The fourth-order valence-corrected chi connectivity index (χ4v) is 2.55. The van der Waals surface area contributed by atoms with Gasteiger partial charge in [0.15, 0.2) is 0 Å². The summed E-state index contributed by atoms with van der Waals surface area (Å²) in [6.07, 6.45) is 0.786. The second-order valence-corrected chi connectivity index (χ2v) is 5.34. The summed E-state index contributed by atoms with van der Waals surface area (Å²) in [6, 6.07) is 10.0. The maximum absolute atomic E-state index is 11.7. The summed E-state index contributed by atoms with van der Waals surface area (Å²) in [5.74, 6) is 0.314. The smallest absolute Gasteiger partial charge is 0.441 e. The SMILES string of the molecule is CCOC(=O)C(=[N+]=[N-])C(=O)CCCSCc1ccccc1. The third-order valence-electron chi connectivity index (χ3n) is 2.64. The Hall–Kier alpha value is -1.91. The molecule has 0 saturated heterocycles. The van der Waals surface area contributed by atoms with Crippen LogP contribution in [0.15, 0.2) is 30.3 Å². The zero-order chi connectivity index (χ0) is 15.5. The van der Waals surface area contributed by atoms with Gasteiger partial charge in [0.05, 0.1) is 6.61 Å². The van der Waals surface area contributed by atoms with E-state index < -0.39 is 17.5 Å². The molecule has 0 unspecified atom stereocenters. The minimum absolute atomic E-state index is 0.137. The first-order chi connectivity index (χ1) is 10.2. The van der Waals surface area contributed by atoms with Crippen LogP contribution >= 0.6 is 11.8 Å². The number of hydrogen-bond donors (Lipinski definition) is 0. The van der Waals surface area contributed by atoms with Crippen molar-refractivity contribution in [1.29, 1.82) is 0 Å². The van der Waals surface area contributed by atoms with E-state index in [0.717, 1.165) is 11.5 Å². The van der Waals surface area contributed by atoms with Crippen molar-refractivity contribution in [3.05, 3.63) is 41.4 Å². The number of nitrogens with zero attached hydrogens (tertiary/aromatic N) is 2. The van der Waals surface area contributed by atoms with Crippen molar-refractivity contribution in [2.24, 2.45) is 0 Å². The van der Waals surface area contributed by atoms with Crippen LogP contribution in [0.4, 0.5) is 0 Å². The van der Waals surface area contributed by atoms with Crippen LogP contribution in [0.5, 0.6) is 0 Å². The number of carbonyl (C=O) groups is 2. The Bertz CT molecular complexity index is 525. The number of thioether (sulfide) groups is 1. The van der Waals surface area contributed by atoms with Gasteiger partial charge < -0.3 is 10.3 Å². The lowest BCUT2D eigenvalue weighted by Gasteiger charge is -2.01. The summed E-state index contributed by atoms with van der Waals surface area (Å²) in [7, 11) is 0. The van der Waals surface area contributed by atoms with Gasteiger partial charge in [0, 0.05) is 12.2 Å². The molecule has 1 aromatic rings. The molecular weight excluding hydrogens is 288 g/mol. The Kier molecular flexibility index (Phi) is 8.09. The maximum atomic E-state index is 11.7. The summed E-state index contributed by atoms with van der Waals surface area (Å²) in [5, 5.41) is 0. The number of benzene rings is 1. The number of ketones is 1. The van der Waals surface area contributed by atoms with Crippen molar-refractivity contribution >= 4 is 29.2 Å². The maximum Gasteiger partial charge on any atom is 0.441 e. The van der Waals surface area contributed by atoms with Crippen LogP contribution in [0.25, 0.3) is 5.53 Å². The number of ether oxygens (including phenoxy) is 1. The zero-order valence-electron chi connectivity index (χ0n) is 11.9. The van der Waals surface area contributed by atoms with Gasteiger partial charge in [0.25, 0.3) is 5.78 Å². The van der Waals surface area contributed by atoms with Gasteiger partial charge >= 0.3 is 11.7 Å². The summed E-state index contributed by atoms with van der Waals surface area (Å²) in [6.45, 7) is 1.76. The van der Waals surface area contributed by atoms with E-state index in [1.165, 1.54) is 5.56 Å². The minimum Gasteiger partial charge on any atom is -0.457 e. The highest BCUT2D eigenvalue weighted by atomic mass is 32.2. The molecule has 0 spiro atoms. The van der Waals surface area contributed by atoms with E-state index in [9.17, 15) is 9.59 Å². The van der Waals surface area contributed by atoms with Crippen molar-refractivity contribution in [2.45, 2.75) is 25.5 Å². The molecule has 1 rings (SSSR count). The molecule has 1 aromatic carbocycles. The molecule has 0 bridgehead atoms. The van der Waals surface area contributed by atoms with E-state index in [1.54, 1.807) is 18.7 Å². The summed E-state index contributed by atoms with van der Waals surface area (Å²) in [4.78, 5) is 25.8. The fraction of sp³-hybridized carbons (Fsp3) is 0.400. The highest BCUT2D eigenvalue weighted by Crippen LogP contribution is 2.13. The summed E-state index contributed by atoms with van der Waals surface area (Å²) < 4.78 is 4.65. The van der Waals surface area contributed by atoms with Gasteiger partial charge in [-0.3, -0.25) is 4.79 Å². The lowest BCUT2D eigenvalue weighted by Crippen LogP contribution is -2.27. The van der Waals surface area contributed by atoms with Gasteiger partial charge in [-0.05, 0) is 24.7 Å². The number of Topliss-reactive ketones (excluding diaryl/α,β-unsaturated/α-hetero) is 1. The van der Waals surface area contributed by atoms with E-state index in [4.69, 9.17) is 5.53 Å². The average molecular weight is 306 g/mol. The number of esters is 1. The average Bonchev–Trinajstić information content (AvgIpc) is 2.49. The second-order valence-electron chi connectivity index (χ2n) is 4.23. The van der Waals surface area contributed by atoms with Crippen LogP contribution in [0.2, 0.25) is 0 Å². The molecule has 6 heteroatoms. The lowest BCUT2D eigenvalue weighted by molar-refractivity contribution is -0.141. The quantitative estimate of drug-likeness (QED) is 0.175. The first-order valence-electron chi connectivity index (χ1n) is 6.73. The molecule has 0 aliphatic heterocycles. The van der Waals surface area contributed by atoms with Crippen LogP contribution < -0.4 is 0 Å². The topological polar surface area (TPSA) is 79.8 Å². The van der Waals surface area contributed by atoms with Crippen LogP contribution in [0, 0.1) is 0 Å². The molecule has 0 fully saturated rings. The Labute approximate surface area is 128 Å². The standard InChI is InChI=1S/C15H18N2O3S/c1-2-20-15(19)14(17-16)13(18)9-6-10-21-11-12-7-4-3-5-8-12/h3-5,7-8H,2,6,9-11H2,1H3. The van der Waals surface area contributed by atoms with Crippen molar-refractivity contribution < 1.29 is 19.1 Å². The zero-order valence-corrected chi connectivity index (χ0v) is 12.8. The molecule has 112 valence electrons. The Morgan fingerprint density at radius 3 is 2.62 bits per heavy atom. The highest BCUT2D eigenvalue weighted by Gasteiger charge is 2.29. The monoisotopic (exact) mass is 306 g/mol. The molecule has 0 N–H and O–H groups in total. The lowest BCUT2D eigenvalue weighted by atomic mass is 10.1. The van der Waals surface area contributed by atoms with E-state index >= 15 is 0 Å². The predicted molar refractivity (Wildman–Crippen MR) is 82.1 cm³/mol. The highest BCUT2D eigenvalue weighted by molar-refractivity contribution is 7.98. The molecule has 0 heterocycles. The largest absolute Gasteiger partial charge is 0.457 e. The normalized spacial score (nSPS) is 9.76. The fourth-order valence-electron chi connectivity index (χ4n) is 1.63. The molecular formula is C15H18N2O3S. The first kappa shape index (κ1) is 17.1. The minimum atomic E-state index is -0.873. The number of hydrogen-bond acceptors (Lipinski definition) is 4. The van der Waals surface area contributed by atoms with E-state index in [-0.39, 0.29) is 13.0 Å². The van der Waals surface area contributed by atoms with Crippen LogP contribution in [-0.4, -0.2) is 34.6 Å². The molecule has 0 aliphatic carbocycles. The first-order valence-corrected chi connectivity index (χ1v) is 7.88.